The number of amides is 3. The lowest BCUT2D eigenvalue weighted by Gasteiger charge is -2.29. The third kappa shape index (κ3) is 4.77. The number of benzene rings is 1. The predicted molar refractivity (Wildman–Crippen MR) is 136 cm³/mol. The lowest BCUT2D eigenvalue weighted by molar-refractivity contribution is 0.0620. The van der Waals surface area contributed by atoms with Crippen LogP contribution in [0.25, 0.3) is 11.3 Å². The molecule has 2 aromatic heterocycles. The van der Waals surface area contributed by atoms with Crippen molar-refractivity contribution < 1.29 is 14.4 Å². The van der Waals surface area contributed by atoms with Crippen LogP contribution in [0.4, 0.5) is 0 Å². The van der Waals surface area contributed by atoms with Gasteiger partial charge in [-0.2, -0.15) is 5.10 Å². The third-order valence-electron chi connectivity index (χ3n) is 6.97. The van der Waals surface area contributed by atoms with Crippen molar-refractivity contribution in [1.82, 2.24) is 20.0 Å². The number of aryl methyl sites for hydroxylation is 1. The normalized spacial score (nSPS) is 17.0. The smallest absolute Gasteiger partial charge is 0.261 e. The number of carbonyl (C=O) groups is 3. The van der Waals surface area contributed by atoms with Gasteiger partial charge in [0.15, 0.2) is 0 Å². The first-order valence-corrected chi connectivity index (χ1v) is 13.2. The Morgan fingerprint density at radius 2 is 1.80 bits per heavy atom. The summed E-state index contributed by atoms with van der Waals surface area (Å²) in [4.78, 5) is 41.0. The van der Waals surface area contributed by atoms with Crippen LogP contribution in [0.5, 0.6) is 0 Å². The van der Waals surface area contributed by atoms with Crippen LogP contribution in [-0.4, -0.2) is 45.0 Å². The van der Waals surface area contributed by atoms with Gasteiger partial charge in [0.2, 0.25) is 0 Å². The Hall–Kier alpha value is -2.97. The molecule has 5 rings (SSSR count). The minimum Gasteiger partial charge on any atom is -0.347 e. The van der Waals surface area contributed by atoms with Gasteiger partial charge in [-0.1, -0.05) is 55.8 Å². The molecule has 1 fully saturated rings. The molecule has 9 heteroatoms. The minimum absolute atomic E-state index is 0.155. The number of hydrogen-bond acceptors (Lipinski definition) is 5. The second-order valence-electron chi connectivity index (χ2n) is 9.31. The predicted octanol–water partition coefficient (Wildman–Crippen LogP) is 5.17. The summed E-state index contributed by atoms with van der Waals surface area (Å²) in [5.41, 5.74) is 2.43. The Balaban J connectivity index is 1.36. The molecule has 1 saturated carbocycles. The van der Waals surface area contributed by atoms with Crippen LogP contribution in [0, 0.1) is 5.92 Å². The first-order chi connectivity index (χ1) is 16.9. The number of nitrogens with zero attached hydrogens (tertiary/aromatic N) is 3. The topological polar surface area (TPSA) is 84.3 Å². The van der Waals surface area contributed by atoms with Crippen molar-refractivity contribution in [1.29, 1.82) is 0 Å². The summed E-state index contributed by atoms with van der Waals surface area (Å²) in [6.07, 6.45) is 8.20. The Morgan fingerprint density at radius 3 is 2.43 bits per heavy atom. The van der Waals surface area contributed by atoms with Crippen LogP contribution in [0.3, 0.4) is 0 Å². The van der Waals surface area contributed by atoms with Gasteiger partial charge >= 0.3 is 0 Å². The summed E-state index contributed by atoms with van der Waals surface area (Å²) in [6, 6.07) is 10.2. The van der Waals surface area contributed by atoms with E-state index in [-0.39, 0.29) is 30.3 Å². The molecule has 1 aliphatic carbocycles. The third-order valence-corrected chi connectivity index (χ3v) is 8.32. The first-order valence-electron chi connectivity index (χ1n) is 12.0. The van der Waals surface area contributed by atoms with Crippen molar-refractivity contribution in [2.24, 2.45) is 13.0 Å². The SMILES string of the molecule is Cn1nccc1-c1cc(C(=O)NC(CC2CCCCC2)CN2C(=O)c3ccccc3C2=O)sc1Cl. The monoisotopic (exact) mass is 510 g/mol. The molecule has 2 aliphatic rings. The second kappa shape index (κ2) is 9.95. The second-order valence-corrected chi connectivity index (χ2v) is 11.0. The zero-order valence-electron chi connectivity index (χ0n) is 19.5. The molecule has 7 nitrogen and oxygen atoms in total. The molecular weight excluding hydrogens is 484 g/mol. The summed E-state index contributed by atoms with van der Waals surface area (Å²) in [6.45, 7) is 0.155. The van der Waals surface area contributed by atoms with E-state index >= 15 is 0 Å². The molecular formula is C26H27ClN4O3S. The summed E-state index contributed by atoms with van der Waals surface area (Å²) in [7, 11) is 1.82. The number of halogens is 1. The van der Waals surface area contributed by atoms with Crippen molar-refractivity contribution >= 4 is 40.7 Å². The van der Waals surface area contributed by atoms with Crippen molar-refractivity contribution in [2.45, 2.75) is 44.6 Å². The number of carbonyl (C=O) groups excluding carboxylic acids is 3. The van der Waals surface area contributed by atoms with Crippen LogP contribution in [0.15, 0.2) is 42.6 Å². The van der Waals surface area contributed by atoms with Gasteiger partial charge in [0.25, 0.3) is 17.7 Å². The molecule has 182 valence electrons. The van der Waals surface area contributed by atoms with Crippen LogP contribution >= 0.6 is 22.9 Å². The van der Waals surface area contributed by atoms with E-state index in [2.05, 4.69) is 10.4 Å². The maximum absolute atomic E-state index is 13.3. The van der Waals surface area contributed by atoms with Gasteiger partial charge < -0.3 is 5.32 Å². The number of aromatic nitrogens is 2. The highest BCUT2D eigenvalue weighted by Crippen LogP contribution is 2.36. The van der Waals surface area contributed by atoms with Crippen molar-refractivity contribution in [3.8, 4) is 11.3 Å². The molecule has 3 heterocycles. The molecule has 1 aromatic carbocycles. The van der Waals surface area contributed by atoms with E-state index in [1.807, 2.05) is 13.1 Å². The molecule has 35 heavy (non-hydrogen) atoms. The van der Waals surface area contributed by atoms with Crippen molar-refractivity contribution in [2.75, 3.05) is 6.54 Å². The zero-order valence-corrected chi connectivity index (χ0v) is 21.1. The standard InChI is InChI=1S/C26H27ClN4O3S/c1-30-21(11-12-28-30)20-14-22(35-23(20)27)24(32)29-17(13-16-7-3-2-4-8-16)15-31-25(33)18-9-5-6-10-19(18)26(31)34/h5-6,9-12,14,16-17H,2-4,7-8,13,15H2,1H3,(H,29,32). The van der Waals surface area contributed by atoms with Gasteiger partial charge in [0, 0.05) is 31.4 Å². The zero-order chi connectivity index (χ0) is 24.5. The number of hydrogen-bond donors (Lipinski definition) is 1. The molecule has 0 spiro atoms. The minimum atomic E-state index is -0.339. The lowest BCUT2D eigenvalue weighted by Crippen LogP contribution is -2.46. The van der Waals surface area contributed by atoms with Gasteiger partial charge in [-0.15, -0.1) is 11.3 Å². The van der Waals surface area contributed by atoms with Gasteiger partial charge in [-0.05, 0) is 36.6 Å². The maximum Gasteiger partial charge on any atom is 0.261 e. The first kappa shape index (κ1) is 23.8. The van der Waals surface area contributed by atoms with Crippen LogP contribution in [0.2, 0.25) is 4.34 Å². The molecule has 1 aliphatic heterocycles. The number of rotatable bonds is 7. The fraction of sp³-hybridized carbons (Fsp3) is 0.385. The Morgan fingerprint density at radius 1 is 1.11 bits per heavy atom. The van der Waals surface area contributed by atoms with Crippen molar-refractivity contribution in [3.63, 3.8) is 0 Å². The summed E-state index contributed by atoms with van der Waals surface area (Å²) in [5.74, 6) is -0.388. The van der Waals surface area contributed by atoms with Gasteiger partial charge in [0.1, 0.15) is 4.34 Å². The molecule has 3 aromatic rings. The highest BCUT2D eigenvalue weighted by molar-refractivity contribution is 7.18. The highest BCUT2D eigenvalue weighted by atomic mass is 35.5. The van der Waals surface area contributed by atoms with E-state index in [0.29, 0.717) is 26.3 Å². The lowest BCUT2D eigenvalue weighted by atomic mass is 9.84. The van der Waals surface area contributed by atoms with Gasteiger partial charge in [-0.25, -0.2) is 0 Å². The molecule has 0 radical (unpaired) electrons. The molecule has 1 unspecified atom stereocenters. The fourth-order valence-corrected chi connectivity index (χ4v) is 6.38. The summed E-state index contributed by atoms with van der Waals surface area (Å²) in [5, 5.41) is 7.30. The average molecular weight is 511 g/mol. The van der Waals surface area contributed by atoms with Gasteiger partial charge in [0.05, 0.1) is 21.7 Å². The van der Waals surface area contributed by atoms with E-state index in [0.717, 1.165) is 30.5 Å². The molecule has 0 bridgehead atoms. The molecule has 1 N–H and O–H groups in total. The van der Waals surface area contributed by atoms with Crippen LogP contribution in [-0.2, 0) is 7.05 Å². The Bertz CT molecular complexity index is 1240. The Labute approximate surface area is 213 Å². The van der Waals surface area contributed by atoms with E-state index < -0.39 is 0 Å². The van der Waals surface area contributed by atoms with E-state index in [9.17, 15) is 14.4 Å². The molecule has 1 atom stereocenters. The maximum atomic E-state index is 13.3. The number of imide groups is 1. The number of nitrogens with one attached hydrogen (secondary N) is 1. The van der Waals surface area contributed by atoms with E-state index in [1.54, 1.807) is 41.2 Å². The molecule has 0 saturated heterocycles. The van der Waals surface area contributed by atoms with Gasteiger partial charge in [-0.3, -0.25) is 24.0 Å². The quantitative estimate of drug-likeness (QED) is 0.444. The number of thiophene rings is 1. The van der Waals surface area contributed by atoms with Crippen LogP contribution < -0.4 is 5.32 Å². The summed E-state index contributed by atoms with van der Waals surface area (Å²) < 4.78 is 2.23. The largest absolute Gasteiger partial charge is 0.347 e. The van der Waals surface area contributed by atoms with E-state index in [4.69, 9.17) is 11.6 Å². The van der Waals surface area contributed by atoms with Crippen molar-refractivity contribution in [3.05, 3.63) is 62.9 Å². The highest BCUT2D eigenvalue weighted by Gasteiger charge is 2.37. The average Bonchev–Trinajstić information content (AvgIpc) is 3.52. The molecule has 3 amide bonds. The Kier molecular flexibility index (Phi) is 6.75. The summed E-state index contributed by atoms with van der Waals surface area (Å²) >= 11 is 7.69. The van der Waals surface area contributed by atoms with E-state index in [1.165, 1.54) is 35.5 Å². The fourth-order valence-electron chi connectivity index (χ4n) is 5.18. The number of fused-ring (bicyclic) bond motifs is 1. The van der Waals surface area contributed by atoms with Crippen LogP contribution in [0.1, 0.15) is 68.9 Å².